The number of hydrogen-bond acceptors (Lipinski definition) is 2. The highest BCUT2D eigenvalue weighted by molar-refractivity contribution is 6.13. The first-order chi connectivity index (χ1) is 27.2. The van der Waals surface area contributed by atoms with Crippen LogP contribution in [-0.4, -0.2) is 13.7 Å². The summed E-state index contributed by atoms with van der Waals surface area (Å²) in [6, 6.07) is 66.0. The molecule has 0 spiro atoms. The molecule has 0 aliphatic heterocycles. The van der Waals surface area contributed by atoms with Crippen LogP contribution in [0.2, 0.25) is 0 Å². The molecule has 0 saturated heterocycles. The summed E-state index contributed by atoms with van der Waals surface area (Å²) in [5, 5.41) is 27.2. The van der Waals surface area contributed by atoms with Gasteiger partial charge in [-0.1, -0.05) is 103 Å². The summed E-state index contributed by atoms with van der Waals surface area (Å²) >= 11 is 0. The van der Waals surface area contributed by atoms with E-state index >= 15 is 0 Å². The van der Waals surface area contributed by atoms with Crippen molar-refractivity contribution >= 4 is 65.4 Å². The van der Waals surface area contributed by atoms with Gasteiger partial charge >= 0.3 is 0 Å². The Morgan fingerprint density at radius 3 is 1.51 bits per heavy atom. The summed E-state index contributed by atoms with van der Waals surface area (Å²) in [5.41, 5.74) is 12.6. The van der Waals surface area contributed by atoms with Crippen LogP contribution >= 0.6 is 0 Å². The minimum atomic E-state index is 0.593. The average Bonchev–Trinajstić information content (AvgIpc) is 3.89. The summed E-state index contributed by atoms with van der Waals surface area (Å²) in [7, 11) is 0. The van der Waals surface area contributed by atoms with Crippen molar-refractivity contribution in [3.8, 4) is 40.3 Å². The van der Waals surface area contributed by atoms with E-state index < -0.39 is 0 Å². The number of rotatable bonds is 4. The second-order valence-corrected chi connectivity index (χ2v) is 14.0. The summed E-state index contributed by atoms with van der Waals surface area (Å²) in [4.78, 5) is 0. The molecule has 3 aromatic heterocycles. The molecule has 11 aromatic rings. The molecular formula is C50H29N5. The third-order valence-electron chi connectivity index (χ3n) is 11.1. The predicted octanol–water partition coefficient (Wildman–Crippen LogP) is 12.4. The zero-order valence-electron chi connectivity index (χ0n) is 29.5. The number of benzene rings is 8. The molecule has 0 radical (unpaired) electrons. The van der Waals surface area contributed by atoms with Crippen molar-refractivity contribution < 1.29 is 0 Å². The van der Waals surface area contributed by atoms with Gasteiger partial charge in [0.2, 0.25) is 0 Å². The van der Waals surface area contributed by atoms with E-state index in [0.717, 1.165) is 82.8 Å². The Balaban J connectivity index is 1.14. The highest BCUT2D eigenvalue weighted by Gasteiger charge is 2.20. The number of nitriles is 2. The predicted molar refractivity (Wildman–Crippen MR) is 224 cm³/mol. The molecule has 0 amide bonds. The Bertz CT molecular complexity index is 3400. The molecule has 11 rings (SSSR count). The fourth-order valence-electron chi connectivity index (χ4n) is 8.76. The molecule has 5 heteroatoms. The van der Waals surface area contributed by atoms with Gasteiger partial charge in [-0.3, -0.25) is 0 Å². The Morgan fingerprint density at radius 2 is 0.891 bits per heavy atom. The summed E-state index contributed by atoms with van der Waals surface area (Å²) in [6.07, 6.45) is 0. The third-order valence-corrected chi connectivity index (χ3v) is 11.1. The molecule has 0 unspecified atom stereocenters. The number of aromatic nitrogens is 3. The van der Waals surface area contributed by atoms with Crippen molar-refractivity contribution in [1.29, 1.82) is 10.5 Å². The molecule has 3 heterocycles. The van der Waals surface area contributed by atoms with Gasteiger partial charge in [0.25, 0.3) is 0 Å². The highest BCUT2D eigenvalue weighted by atomic mass is 15.0. The zero-order valence-corrected chi connectivity index (χ0v) is 29.5. The van der Waals surface area contributed by atoms with Crippen LogP contribution in [0.4, 0.5) is 0 Å². The van der Waals surface area contributed by atoms with Crippen LogP contribution in [0.25, 0.3) is 93.6 Å². The van der Waals surface area contributed by atoms with Gasteiger partial charge in [-0.05, 0) is 78.4 Å². The normalized spacial score (nSPS) is 11.6. The third kappa shape index (κ3) is 4.45. The highest BCUT2D eigenvalue weighted by Crippen LogP contribution is 2.40. The first-order valence-electron chi connectivity index (χ1n) is 18.3. The van der Waals surface area contributed by atoms with Gasteiger partial charge < -0.3 is 13.7 Å². The number of nitrogens with zero attached hydrogens (tertiary/aromatic N) is 5. The van der Waals surface area contributed by atoms with Gasteiger partial charge in [0, 0.05) is 49.3 Å². The molecule has 0 N–H and O–H groups in total. The molecule has 8 aromatic carbocycles. The Morgan fingerprint density at radius 1 is 0.364 bits per heavy atom. The largest absolute Gasteiger partial charge is 0.309 e. The lowest BCUT2D eigenvalue weighted by molar-refractivity contribution is 1.15. The van der Waals surface area contributed by atoms with Crippen molar-refractivity contribution in [2.24, 2.45) is 0 Å². The van der Waals surface area contributed by atoms with E-state index in [4.69, 9.17) is 0 Å². The quantitative estimate of drug-likeness (QED) is 0.184. The topological polar surface area (TPSA) is 62.4 Å². The summed E-state index contributed by atoms with van der Waals surface area (Å²) in [5.74, 6) is 0. The van der Waals surface area contributed by atoms with Crippen molar-refractivity contribution in [3.05, 3.63) is 187 Å². The molecule has 0 aliphatic rings. The van der Waals surface area contributed by atoms with Crippen LogP contribution in [-0.2, 0) is 0 Å². The van der Waals surface area contributed by atoms with Gasteiger partial charge in [-0.25, -0.2) is 0 Å². The summed E-state index contributed by atoms with van der Waals surface area (Å²) < 4.78 is 6.89. The molecule has 0 fully saturated rings. The van der Waals surface area contributed by atoms with E-state index in [1.54, 1.807) is 0 Å². The minimum absolute atomic E-state index is 0.593. The van der Waals surface area contributed by atoms with Crippen molar-refractivity contribution in [2.45, 2.75) is 0 Å². The van der Waals surface area contributed by atoms with Crippen LogP contribution in [0.5, 0.6) is 0 Å². The van der Waals surface area contributed by atoms with Crippen LogP contribution in [0.3, 0.4) is 0 Å². The smallest absolute Gasteiger partial charge is 0.101 e. The standard InChI is InChI=1S/C50H29N5/c51-30-32-20-27-48(43(28-32)33-21-23-35(24-22-33)54-46-18-7-4-14-40(46)42-15-9-10-34(31-52)50(42)54)55-47-19-8-3-13-39(47)41-26-25-36(29-49(41)55)53-44-16-5-1-11-37(44)38-12-2-6-17-45(38)53/h1-29H. The van der Waals surface area contributed by atoms with Crippen LogP contribution < -0.4 is 0 Å². The maximum atomic E-state index is 10.1. The van der Waals surface area contributed by atoms with Crippen molar-refractivity contribution in [2.75, 3.05) is 0 Å². The monoisotopic (exact) mass is 699 g/mol. The van der Waals surface area contributed by atoms with E-state index in [0.29, 0.717) is 11.1 Å². The fraction of sp³-hybridized carbons (Fsp3) is 0. The molecule has 0 atom stereocenters. The maximum Gasteiger partial charge on any atom is 0.101 e. The van der Waals surface area contributed by atoms with E-state index in [1.807, 2.05) is 36.4 Å². The van der Waals surface area contributed by atoms with Gasteiger partial charge in [0.15, 0.2) is 0 Å². The Kier molecular flexibility index (Phi) is 6.61. The molecule has 5 nitrogen and oxygen atoms in total. The molecule has 55 heavy (non-hydrogen) atoms. The van der Waals surface area contributed by atoms with E-state index in [-0.39, 0.29) is 0 Å². The lowest BCUT2D eigenvalue weighted by Crippen LogP contribution is -2.00. The minimum Gasteiger partial charge on any atom is -0.309 e. The molecule has 0 bridgehead atoms. The van der Waals surface area contributed by atoms with Crippen LogP contribution in [0.15, 0.2) is 176 Å². The second kappa shape index (κ2) is 11.8. The average molecular weight is 700 g/mol. The Labute approximate surface area is 316 Å². The lowest BCUT2D eigenvalue weighted by Gasteiger charge is -2.16. The lowest BCUT2D eigenvalue weighted by atomic mass is 10.00. The van der Waals surface area contributed by atoms with Gasteiger partial charge in [0.1, 0.15) is 6.07 Å². The fourth-order valence-corrected chi connectivity index (χ4v) is 8.76. The number of fused-ring (bicyclic) bond motifs is 9. The second-order valence-electron chi connectivity index (χ2n) is 14.0. The number of para-hydroxylation sites is 5. The van der Waals surface area contributed by atoms with Crippen molar-refractivity contribution in [3.63, 3.8) is 0 Å². The van der Waals surface area contributed by atoms with Crippen LogP contribution in [0, 0.1) is 22.7 Å². The first kappa shape index (κ1) is 30.7. The molecule has 0 aliphatic carbocycles. The van der Waals surface area contributed by atoms with E-state index in [9.17, 15) is 10.5 Å². The van der Waals surface area contributed by atoms with Gasteiger partial charge in [-0.15, -0.1) is 0 Å². The number of hydrogen-bond donors (Lipinski definition) is 0. The van der Waals surface area contributed by atoms with Crippen LogP contribution in [0.1, 0.15) is 11.1 Å². The Hall–Kier alpha value is -7.86. The molecular weight excluding hydrogens is 671 g/mol. The van der Waals surface area contributed by atoms with Gasteiger partial charge in [-0.2, -0.15) is 10.5 Å². The van der Waals surface area contributed by atoms with E-state index in [2.05, 4.69) is 165 Å². The maximum absolute atomic E-state index is 10.1. The van der Waals surface area contributed by atoms with Crippen molar-refractivity contribution in [1.82, 2.24) is 13.7 Å². The van der Waals surface area contributed by atoms with Gasteiger partial charge in [0.05, 0.1) is 56.0 Å². The first-order valence-corrected chi connectivity index (χ1v) is 18.3. The summed E-state index contributed by atoms with van der Waals surface area (Å²) in [6.45, 7) is 0. The SMILES string of the molecule is N#Cc1ccc(-n2c3ccccc3c3ccc(-n4c5ccccc5c5ccccc54)cc32)c(-c2ccc(-n3c4ccccc4c4cccc(C#N)c43)cc2)c1. The molecule has 0 saturated carbocycles. The molecule has 254 valence electrons. The van der Waals surface area contributed by atoms with E-state index in [1.165, 1.54) is 10.8 Å². The zero-order chi connectivity index (χ0) is 36.6.